The fraction of sp³-hybridized carbons (Fsp3) is 0.624. The van der Waals surface area contributed by atoms with Crippen molar-refractivity contribution < 1.29 is 9.59 Å². The molecule has 7 heterocycles. The van der Waals surface area contributed by atoms with Crippen LogP contribution in [0.25, 0.3) is 82.0 Å². The molecule has 2 amide bonds. The summed E-state index contributed by atoms with van der Waals surface area (Å²) in [5, 5.41) is 5.78. The SMILES string of the molecule is CCCCCCCC(CCCCCCC)N1C(=O)c2c(C)sc(-c3cc4c(CCC(CC)CCCC)c5sc(-c6ccc(-c7cc8c(CCC(CC)CCCC)c9sc(C)cc9c(CCC(CC)CCCC)c8s7)c7nsnc67)cc5c(CCC(CC)CCCC)c4s3)c2C1=O. The van der Waals surface area contributed by atoms with Crippen LogP contribution in [0.4, 0.5) is 0 Å². The third-order valence-electron chi connectivity index (χ3n) is 22.6. The van der Waals surface area contributed by atoms with Gasteiger partial charge in [0.25, 0.3) is 11.8 Å². The van der Waals surface area contributed by atoms with Gasteiger partial charge < -0.3 is 0 Å². The zero-order valence-corrected chi connectivity index (χ0v) is 66.3. The van der Waals surface area contributed by atoms with Crippen molar-refractivity contribution in [2.45, 2.75) is 320 Å². The number of carbonyl (C=O) groups is 2. The second-order valence-corrected chi connectivity index (χ2v) is 35.5. The van der Waals surface area contributed by atoms with Gasteiger partial charge in [-0.25, -0.2) is 0 Å². The molecule has 5 nitrogen and oxygen atoms in total. The lowest BCUT2D eigenvalue weighted by atomic mass is 9.88. The summed E-state index contributed by atoms with van der Waals surface area (Å²) >= 11 is 11.0. The van der Waals surface area contributed by atoms with Gasteiger partial charge in [-0.15, -0.1) is 56.7 Å². The van der Waals surface area contributed by atoms with Crippen molar-refractivity contribution in [3.05, 3.63) is 79.5 Å². The van der Waals surface area contributed by atoms with Crippen LogP contribution in [-0.2, 0) is 25.7 Å². The number of carbonyl (C=O) groups excluding carboxylic acids is 2. The number of unbranched alkanes of at least 4 members (excludes halogenated alkanes) is 12. The van der Waals surface area contributed by atoms with E-state index in [0.29, 0.717) is 23.0 Å². The summed E-state index contributed by atoms with van der Waals surface area (Å²) in [7, 11) is 0. The molecule has 0 saturated heterocycles. The number of fused-ring (bicyclic) bond motifs is 6. The quantitative estimate of drug-likeness (QED) is 0.0282. The molecule has 0 N–H and O–H groups in total. The van der Waals surface area contributed by atoms with E-state index in [4.69, 9.17) is 8.75 Å². The Balaban J connectivity index is 1.10. The number of benzene rings is 3. The number of hydrogen-bond acceptors (Lipinski definition) is 10. The predicted molar refractivity (Wildman–Crippen MR) is 430 cm³/mol. The van der Waals surface area contributed by atoms with E-state index in [1.165, 1.54) is 243 Å². The molecule has 0 saturated carbocycles. The van der Waals surface area contributed by atoms with Crippen LogP contribution in [-0.4, -0.2) is 31.5 Å². The maximum absolute atomic E-state index is 15.4. The summed E-state index contributed by atoms with van der Waals surface area (Å²) in [6.45, 7) is 28.0. The average Bonchev–Trinajstić information content (AvgIpc) is 1.57. The van der Waals surface area contributed by atoms with Gasteiger partial charge in [0.1, 0.15) is 11.0 Å². The van der Waals surface area contributed by atoms with Gasteiger partial charge in [-0.05, 0) is 170 Å². The lowest BCUT2D eigenvalue weighted by Crippen LogP contribution is -2.40. The fourth-order valence-electron chi connectivity index (χ4n) is 16.4. The Morgan fingerprint density at radius 3 is 1.12 bits per heavy atom. The number of nitrogens with zero attached hydrogens (tertiary/aromatic N) is 3. The number of thiophene rings is 5. The molecule has 6 aromatic heterocycles. The van der Waals surface area contributed by atoms with Gasteiger partial charge in [0.15, 0.2) is 0 Å². The van der Waals surface area contributed by atoms with Crippen LogP contribution in [0.3, 0.4) is 0 Å². The lowest BCUT2D eigenvalue weighted by molar-refractivity contribution is 0.0562. The second-order valence-electron chi connectivity index (χ2n) is 29.3. The van der Waals surface area contributed by atoms with Gasteiger partial charge >= 0.3 is 0 Å². The molecule has 3 aromatic carbocycles. The third kappa shape index (κ3) is 17.0. The van der Waals surface area contributed by atoms with Crippen molar-refractivity contribution in [2.24, 2.45) is 23.7 Å². The smallest absolute Gasteiger partial charge is 0.263 e. The molecular weight excluding hydrogens is 1290 g/mol. The summed E-state index contributed by atoms with van der Waals surface area (Å²) in [5.41, 5.74) is 11.9. The Labute approximate surface area is 604 Å². The summed E-state index contributed by atoms with van der Waals surface area (Å²) in [6, 6.07) is 15.0. The predicted octanol–water partition coefficient (Wildman–Crippen LogP) is 29.5. The normalized spacial score (nSPS) is 14.2. The van der Waals surface area contributed by atoms with Crippen molar-refractivity contribution in [1.82, 2.24) is 13.6 Å². The minimum absolute atomic E-state index is 0.0458. The molecule has 0 fully saturated rings. The largest absolute Gasteiger partial charge is 0.271 e. The van der Waals surface area contributed by atoms with Crippen LogP contribution in [0.2, 0.25) is 0 Å². The summed E-state index contributed by atoms with van der Waals surface area (Å²) < 4.78 is 16.4. The molecular formula is C85H119N3O2S6. The monoisotopic (exact) mass is 1410 g/mol. The number of imide groups is 1. The molecule has 96 heavy (non-hydrogen) atoms. The van der Waals surface area contributed by atoms with E-state index in [1.807, 2.05) is 45.3 Å². The van der Waals surface area contributed by atoms with E-state index >= 15 is 4.79 Å². The lowest BCUT2D eigenvalue weighted by Gasteiger charge is -2.27. The second kappa shape index (κ2) is 36.7. The number of hydrogen-bond donors (Lipinski definition) is 0. The minimum Gasteiger partial charge on any atom is -0.271 e. The molecule has 1 aliphatic rings. The topological polar surface area (TPSA) is 63.2 Å². The van der Waals surface area contributed by atoms with Crippen molar-refractivity contribution in [3.8, 4) is 30.6 Å². The van der Waals surface area contributed by atoms with Crippen LogP contribution in [0.15, 0.2) is 36.4 Å². The Hall–Kier alpha value is -3.84. The van der Waals surface area contributed by atoms with E-state index in [2.05, 4.69) is 119 Å². The number of aromatic nitrogens is 2. The third-order valence-corrected chi connectivity index (χ3v) is 29.2. The first-order valence-corrected chi connectivity index (χ1v) is 44.0. The van der Waals surface area contributed by atoms with Crippen LogP contribution in [0, 0.1) is 37.5 Å². The zero-order chi connectivity index (χ0) is 67.8. The standard InChI is InChI=1S/C85H119N3O2S6/c1-13-23-29-31-33-39-61(40-34-32-30-24-14-2)88-84(89)75-56(12)92-83(76(75)85(88)90)74-54-71-65(48-44-60(22-10)38-28-18-6)81-70(64(82(71)95-74)47-43-59(21-9)37-27-17-5)53-73(94-81)67-50-49-66(77-78(67)87-96-86-77)72-52-69-63(46-42-58(20-8)36-26-16-4)79-68(51-55(11)91-79)62(80(69)93-72)45-41-57(19-7)35-25-15-3/h49-54,57-61H,13-48H2,1-12H3. The Morgan fingerprint density at radius 1 is 0.375 bits per heavy atom. The Kier molecular flexibility index (Phi) is 28.6. The molecule has 522 valence electrons. The fourth-order valence-corrected chi connectivity index (χ4v) is 23.2. The van der Waals surface area contributed by atoms with Crippen LogP contribution in [0.1, 0.15) is 327 Å². The number of rotatable bonds is 44. The molecule has 0 spiro atoms. The minimum atomic E-state index is -0.0537. The maximum atomic E-state index is 15.4. The van der Waals surface area contributed by atoms with Crippen molar-refractivity contribution in [3.63, 3.8) is 0 Å². The molecule has 0 radical (unpaired) electrons. The molecule has 4 atom stereocenters. The van der Waals surface area contributed by atoms with Crippen molar-refractivity contribution in [1.29, 1.82) is 0 Å². The average molecular weight is 1410 g/mol. The maximum Gasteiger partial charge on any atom is 0.263 e. The highest BCUT2D eigenvalue weighted by Crippen LogP contribution is 2.53. The highest BCUT2D eigenvalue weighted by Gasteiger charge is 2.44. The van der Waals surface area contributed by atoms with Gasteiger partial charge in [0, 0.05) is 60.4 Å². The number of aryl methyl sites for hydroxylation is 6. The zero-order valence-electron chi connectivity index (χ0n) is 61.4. The summed E-state index contributed by atoms with van der Waals surface area (Å²) in [5.74, 6) is 2.74. The van der Waals surface area contributed by atoms with E-state index in [0.717, 1.165) is 115 Å². The molecule has 0 aliphatic carbocycles. The Bertz CT molecular complexity index is 3810. The molecule has 9 aromatic rings. The highest BCUT2D eigenvalue weighted by atomic mass is 32.1. The van der Waals surface area contributed by atoms with E-state index in [9.17, 15) is 4.79 Å². The van der Waals surface area contributed by atoms with Crippen molar-refractivity contribution >= 4 is 132 Å². The van der Waals surface area contributed by atoms with E-state index in [-0.39, 0.29) is 17.9 Å². The first-order chi connectivity index (χ1) is 46.9. The summed E-state index contributed by atoms with van der Waals surface area (Å²) in [4.78, 5) is 39.3. The van der Waals surface area contributed by atoms with Crippen molar-refractivity contribution in [2.75, 3.05) is 0 Å². The molecule has 10 rings (SSSR count). The molecule has 1 aliphatic heterocycles. The van der Waals surface area contributed by atoms with E-state index < -0.39 is 0 Å². The first kappa shape index (κ1) is 74.8. The van der Waals surface area contributed by atoms with Crippen LogP contribution >= 0.6 is 68.4 Å². The van der Waals surface area contributed by atoms with Crippen LogP contribution in [0.5, 0.6) is 0 Å². The first-order valence-electron chi connectivity index (χ1n) is 39.1. The van der Waals surface area contributed by atoms with Gasteiger partial charge in [-0.2, -0.15) is 8.75 Å². The molecule has 0 bridgehead atoms. The Morgan fingerprint density at radius 2 is 0.729 bits per heavy atom. The van der Waals surface area contributed by atoms with Gasteiger partial charge in [0.2, 0.25) is 0 Å². The highest BCUT2D eigenvalue weighted by molar-refractivity contribution is 7.27. The van der Waals surface area contributed by atoms with Gasteiger partial charge in [-0.1, -0.05) is 248 Å². The molecule has 4 unspecified atom stereocenters. The van der Waals surface area contributed by atoms with Crippen LogP contribution < -0.4 is 0 Å². The van der Waals surface area contributed by atoms with E-state index in [1.54, 1.807) is 27.4 Å². The van der Waals surface area contributed by atoms with Gasteiger partial charge in [0.05, 0.1) is 27.7 Å². The van der Waals surface area contributed by atoms with Gasteiger partial charge in [-0.3, -0.25) is 14.5 Å². The summed E-state index contributed by atoms with van der Waals surface area (Å²) in [6.07, 6.45) is 42.9. The molecule has 11 heteroatoms. The number of amides is 2.